The summed E-state index contributed by atoms with van der Waals surface area (Å²) in [6, 6.07) is 17.5. The van der Waals surface area contributed by atoms with Crippen molar-refractivity contribution in [2.45, 2.75) is 13.1 Å². The first kappa shape index (κ1) is 18.8. The lowest BCUT2D eigenvalue weighted by Gasteiger charge is -2.09. The van der Waals surface area contributed by atoms with Gasteiger partial charge in [0.2, 0.25) is 0 Å². The first-order valence-corrected chi connectivity index (χ1v) is 9.02. The van der Waals surface area contributed by atoms with Crippen LogP contribution in [-0.4, -0.2) is 21.0 Å². The topological polar surface area (TPSA) is 62.4 Å². The molecule has 0 aliphatic rings. The van der Waals surface area contributed by atoms with Crippen LogP contribution in [0.1, 0.15) is 16.7 Å². The molecule has 0 bridgehead atoms. The molecule has 0 aliphatic heterocycles. The number of halogens is 2. The lowest BCUT2D eigenvalue weighted by atomic mass is 10.1. The Morgan fingerprint density at radius 1 is 0.966 bits per heavy atom. The van der Waals surface area contributed by atoms with Crippen molar-refractivity contribution >= 4 is 17.2 Å². The summed E-state index contributed by atoms with van der Waals surface area (Å²) in [6.07, 6.45) is 3.11. The van der Waals surface area contributed by atoms with E-state index in [1.165, 1.54) is 12.3 Å². The first-order valence-electron chi connectivity index (χ1n) is 9.02. The van der Waals surface area contributed by atoms with E-state index >= 15 is 0 Å². The van der Waals surface area contributed by atoms with Crippen LogP contribution in [0.2, 0.25) is 0 Å². The van der Waals surface area contributed by atoms with Crippen LogP contribution < -0.4 is 5.32 Å². The van der Waals surface area contributed by atoms with Gasteiger partial charge in [-0.25, -0.2) is 13.8 Å². The van der Waals surface area contributed by atoms with Crippen molar-refractivity contribution in [3.8, 4) is 5.69 Å². The Hall–Kier alpha value is -3.58. The minimum atomic E-state index is -0.843. The van der Waals surface area contributed by atoms with Crippen molar-refractivity contribution in [2.24, 2.45) is 5.16 Å². The number of hydrogen-bond acceptors (Lipinski definition) is 4. The van der Waals surface area contributed by atoms with Crippen molar-refractivity contribution in [1.82, 2.24) is 14.9 Å². The number of oxime groups is 1. The Labute approximate surface area is 165 Å². The highest BCUT2D eigenvalue weighted by Crippen LogP contribution is 2.20. The minimum Gasteiger partial charge on any atom is -0.411 e. The highest BCUT2D eigenvalue weighted by molar-refractivity contribution is 5.87. The maximum Gasteiger partial charge on any atom is 0.159 e. The highest BCUT2D eigenvalue weighted by Gasteiger charge is 2.07. The van der Waals surface area contributed by atoms with Gasteiger partial charge in [-0.15, -0.1) is 0 Å². The van der Waals surface area contributed by atoms with Crippen LogP contribution in [0.4, 0.5) is 8.78 Å². The Bertz CT molecular complexity index is 1190. The van der Waals surface area contributed by atoms with E-state index in [0.29, 0.717) is 18.7 Å². The van der Waals surface area contributed by atoms with Crippen LogP contribution in [0.15, 0.2) is 72.1 Å². The van der Waals surface area contributed by atoms with E-state index in [2.05, 4.69) is 15.5 Å². The normalized spacial score (nSPS) is 11.5. The van der Waals surface area contributed by atoms with Crippen molar-refractivity contribution < 1.29 is 14.0 Å². The molecule has 0 unspecified atom stereocenters. The van der Waals surface area contributed by atoms with Crippen molar-refractivity contribution in [3.05, 3.63) is 95.3 Å². The molecule has 0 fully saturated rings. The van der Waals surface area contributed by atoms with Crippen LogP contribution in [0, 0.1) is 11.6 Å². The summed E-state index contributed by atoms with van der Waals surface area (Å²) < 4.78 is 28.3. The first-order chi connectivity index (χ1) is 14.1. The van der Waals surface area contributed by atoms with Crippen LogP contribution in [0.5, 0.6) is 0 Å². The van der Waals surface area contributed by atoms with Crippen LogP contribution in [0.3, 0.4) is 0 Å². The van der Waals surface area contributed by atoms with E-state index < -0.39 is 11.6 Å². The number of benzene rings is 3. The van der Waals surface area contributed by atoms with Gasteiger partial charge in [0.1, 0.15) is 6.33 Å². The number of nitrogens with zero attached hydrogens (tertiary/aromatic N) is 3. The van der Waals surface area contributed by atoms with Gasteiger partial charge in [-0.1, -0.05) is 29.4 Å². The molecule has 0 atom stereocenters. The maximum absolute atomic E-state index is 13.3. The largest absolute Gasteiger partial charge is 0.411 e. The molecule has 4 rings (SSSR count). The molecule has 0 aliphatic carbocycles. The lowest BCUT2D eigenvalue weighted by molar-refractivity contribution is 0.322. The Kier molecular flexibility index (Phi) is 5.31. The van der Waals surface area contributed by atoms with E-state index in [1.807, 2.05) is 47.0 Å². The van der Waals surface area contributed by atoms with Crippen molar-refractivity contribution in [2.75, 3.05) is 0 Å². The SMILES string of the molecule is O/N=C/c1ccc2c(c1)ncn2-c1cccc(CNCc2ccc(F)c(F)c2)c1. The molecule has 5 nitrogen and oxygen atoms in total. The molecule has 0 amide bonds. The summed E-state index contributed by atoms with van der Waals surface area (Å²) in [4.78, 5) is 4.42. The number of aromatic nitrogens is 2. The average molecular weight is 392 g/mol. The molecule has 2 N–H and O–H groups in total. The van der Waals surface area contributed by atoms with Gasteiger partial charge < -0.3 is 10.5 Å². The monoisotopic (exact) mass is 392 g/mol. The summed E-state index contributed by atoms with van der Waals surface area (Å²) in [6.45, 7) is 1.02. The minimum absolute atomic E-state index is 0.435. The molecule has 146 valence electrons. The third kappa shape index (κ3) is 4.14. The fraction of sp³-hybridized carbons (Fsp3) is 0.0909. The molecular weight excluding hydrogens is 374 g/mol. The Balaban J connectivity index is 1.50. The smallest absolute Gasteiger partial charge is 0.159 e. The second-order valence-electron chi connectivity index (χ2n) is 6.63. The third-order valence-corrected chi connectivity index (χ3v) is 4.61. The fourth-order valence-electron chi connectivity index (χ4n) is 3.20. The van der Waals surface area contributed by atoms with Gasteiger partial charge in [0.25, 0.3) is 0 Å². The van der Waals surface area contributed by atoms with E-state index in [-0.39, 0.29) is 0 Å². The summed E-state index contributed by atoms with van der Waals surface area (Å²) in [5, 5.41) is 15.0. The van der Waals surface area contributed by atoms with E-state index in [9.17, 15) is 8.78 Å². The van der Waals surface area contributed by atoms with Gasteiger partial charge in [0.15, 0.2) is 11.6 Å². The third-order valence-electron chi connectivity index (χ3n) is 4.61. The maximum atomic E-state index is 13.3. The van der Waals surface area contributed by atoms with Crippen LogP contribution in [-0.2, 0) is 13.1 Å². The van der Waals surface area contributed by atoms with Crippen molar-refractivity contribution in [1.29, 1.82) is 0 Å². The quantitative estimate of drug-likeness (QED) is 0.290. The average Bonchev–Trinajstić information content (AvgIpc) is 3.14. The van der Waals surface area contributed by atoms with Gasteiger partial charge in [-0.2, -0.15) is 0 Å². The molecular formula is C22H18F2N4O. The number of hydrogen-bond donors (Lipinski definition) is 2. The van der Waals surface area contributed by atoms with Gasteiger partial charge in [0.05, 0.1) is 17.2 Å². The van der Waals surface area contributed by atoms with Crippen molar-refractivity contribution in [3.63, 3.8) is 0 Å². The second-order valence-corrected chi connectivity index (χ2v) is 6.63. The highest BCUT2D eigenvalue weighted by atomic mass is 19.2. The summed E-state index contributed by atoms with van der Waals surface area (Å²) in [7, 11) is 0. The predicted molar refractivity (Wildman–Crippen MR) is 107 cm³/mol. The summed E-state index contributed by atoms with van der Waals surface area (Å²) in [5.41, 5.74) is 5.19. The predicted octanol–water partition coefficient (Wildman–Crippen LogP) is 4.40. The number of nitrogens with one attached hydrogen (secondary N) is 1. The molecule has 0 saturated heterocycles. The Morgan fingerprint density at radius 2 is 1.79 bits per heavy atom. The molecule has 0 saturated carbocycles. The Morgan fingerprint density at radius 3 is 2.59 bits per heavy atom. The number of fused-ring (bicyclic) bond motifs is 1. The van der Waals surface area contributed by atoms with E-state index in [0.717, 1.165) is 33.9 Å². The van der Waals surface area contributed by atoms with Gasteiger partial charge >= 0.3 is 0 Å². The van der Waals surface area contributed by atoms with E-state index in [4.69, 9.17) is 5.21 Å². The van der Waals surface area contributed by atoms with E-state index in [1.54, 1.807) is 12.4 Å². The lowest BCUT2D eigenvalue weighted by Crippen LogP contribution is -2.13. The zero-order valence-corrected chi connectivity index (χ0v) is 15.4. The molecule has 1 heterocycles. The van der Waals surface area contributed by atoms with Crippen LogP contribution >= 0.6 is 0 Å². The van der Waals surface area contributed by atoms with Crippen LogP contribution in [0.25, 0.3) is 16.7 Å². The standard InChI is InChI=1S/C22H18F2N4O/c23-19-6-4-16(9-20(19)24)12-25-11-15-2-1-3-18(8-15)28-14-26-21-10-17(13-27-29)5-7-22(21)28/h1-10,13-14,25,29H,11-12H2/b27-13+. The molecule has 0 spiro atoms. The molecule has 1 aromatic heterocycles. The number of imidazole rings is 1. The summed E-state index contributed by atoms with van der Waals surface area (Å²) >= 11 is 0. The zero-order valence-electron chi connectivity index (χ0n) is 15.4. The van der Waals surface area contributed by atoms with Gasteiger partial charge in [0, 0.05) is 18.8 Å². The second kappa shape index (κ2) is 8.20. The molecule has 29 heavy (non-hydrogen) atoms. The van der Waals surface area contributed by atoms with Gasteiger partial charge in [-0.05, 0) is 53.1 Å². The molecule has 4 aromatic rings. The fourth-order valence-corrected chi connectivity index (χ4v) is 3.20. The molecule has 0 radical (unpaired) electrons. The number of rotatable bonds is 6. The zero-order chi connectivity index (χ0) is 20.2. The molecule has 3 aromatic carbocycles. The molecule has 7 heteroatoms. The summed E-state index contributed by atoms with van der Waals surface area (Å²) in [5.74, 6) is -1.68. The van der Waals surface area contributed by atoms with Gasteiger partial charge in [-0.3, -0.25) is 4.57 Å².